The van der Waals surface area contributed by atoms with E-state index in [9.17, 15) is 14.4 Å². The van der Waals surface area contributed by atoms with Crippen molar-refractivity contribution in [2.24, 2.45) is 11.5 Å². The second-order valence-corrected chi connectivity index (χ2v) is 5.86. The minimum Gasteiger partial charge on any atom is -0.480 e. The first-order valence-corrected chi connectivity index (χ1v) is 6.73. The number of carbonyl (C=O) groups excluding carboxylic acids is 2. The second kappa shape index (κ2) is 7.82. The van der Waals surface area contributed by atoms with E-state index < -0.39 is 35.7 Å². The summed E-state index contributed by atoms with van der Waals surface area (Å²) in [5, 5.41) is 8.88. The fourth-order valence-corrected chi connectivity index (χ4v) is 1.56. The Hall–Kier alpha value is -1.83. The topological polar surface area (TPSA) is 136 Å². The van der Waals surface area contributed by atoms with Gasteiger partial charge in [-0.3, -0.25) is 9.69 Å². The summed E-state index contributed by atoms with van der Waals surface area (Å²) < 4.78 is 5.13. The first-order chi connectivity index (χ1) is 9.45. The Labute approximate surface area is 124 Å². The molecule has 0 unspecified atom stereocenters. The van der Waals surface area contributed by atoms with E-state index in [2.05, 4.69) is 5.73 Å². The van der Waals surface area contributed by atoms with Gasteiger partial charge in [-0.15, -0.1) is 0 Å². The standard InChI is InChI=1S/C10H17NO4.C3H8N2O/c1-10(2,3)15-9(14)11-6-4-5-7(11)8(12)13;1-2(4)3(5)6/h7H,4-6H2,1-3H3,(H,12,13);2H,4H2,1H3,(H2,5,6)/t7-;2-/m01/s1. The maximum absolute atomic E-state index is 11.6. The molecule has 1 aliphatic heterocycles. The van der Waals surface area contributed by atoms with Crippen molar-refractivity contribution < 1.29 is 24.2 Å². The number of hydrogen-bond acceptors (Lipinski definition) is 5. The Morgan fingerprint density at radius 3 is 2.14 bits per heavy atom. The molecule has 0 bridgehead atoms. The highest BCUT2D eigenvalue weighted by Gasteiger charge is 2.36. The van der Waals surface area contributed by atoms with Gasteiger partial charge >= 0.3 is 12.1 Å². The average Bonchev–Trinajstić information content (AvgIpc) is 2.75. The van der Waals surface area contributed by atoms with Gasteiger partial charge in [-0.1, -0.05) is 0 Å². The lowest BCUT2D eigenvalue weighted by Crippen LogP contribution is -2.43. The van der Waals surface area contributed by atoms with E-state index in [-0.39, 0.29) is 0 Å². The average molecular weight is 303 g/mol. The van der Waals surface area contributed by atoms with Crippen molar-refractivity contribution >= 4 is 18.0 Å². The molecule has 0 aromatic carbocycles. The number of primary amides is 1. The number of likely N-dealkylation sites (tertiary alicyclic amines) is 1. The van der Waals surface area contributed by atoms with Crippen molar-refractivity contribution in [3.63, 3.8) is 0 Å². The summed E-state index contributed by atoms with van der Waals surface area (Å²) in [6.07, 6.45) is 0.692. The highest BCUT2D eigenvalue weighted by Crippen LogP contribution is 2.20. The van der Waals surface area contributed by atoms with Crippen molar-refractivity contribution in [2.45, 2.75) is 58.2 Å². The minimum absolute atomic E-state index is 0.463. The number of aliphatic carboxylic acids is 1. The van der Waals surface area contributed by atoms with E-state index in [1.807, 2.05) is 0 Å². The van der Waals surface area contributed by atoms with Crippen LogP contribution in [0.3, 0.4) is 0 Å². The van der Waals surface area contributed by atoms with E-state index >= 15 is 0 Å². The zero-order valence-corrected chi connectivity index (χ0v) is 13.0. The van der Waals surface area contributed by atoms with Crippen LogP contribution in [0.4, 0.5) is 4.79 Å². The highest BCUT2D eigenvalue weighted by molar-refractivity contribution is 5.80. The van der Waals surface area contributed by atoms with Gasteiger partial charge in [0.15, 0.2) is 0 Å². The van der Waals surface area contributed by atoms with Crippen molar-refractivity contribution in [1.29, 1.82) is 0 Å². The highest BCUT2D eigenvalue weighted by atomic mass is 16.6. The Morgan fingerprint density at radius 2 is 1.81 bits per heavy atom. The summed E-state index contributed by atoms with van der Waals surface area (Å²) in [7, 11) is 0. The lowest BCUT2D eigenvalue weighted by molar-refractivity contribution is -0.142. The van der Waals surface area contributed by atoms with Crippen LogP contribution in [0.2, 0.25) is 0 Å². The molecule has 2 atom stereocenters. The van der Waals surface area contributed by atoms with Gasteiger partial charge in [0.1, 0.15) is 11.6 Å². The van der Waals surface area contributed by atoms with Crippen LogP contribution < -0.4 is 11.5 Å². The quantitative estimate of drug-likeness (QED) is 0.670. The third-order valence-corrected chi connectivity index (χ3v) is 2.61. The summed E-state index contributed by atoms with van der Waals surface area (Å²) in [4.78, 5) is 33.5. The maximum Gasteiger partial charge on any atom is 0.411 e. The number of carbonyl (C=O) groups is 3. The Kier molecular flexibility index (Phi) is 7.14. The Balaban J connectivity index is 0.000000567. The van der Waals surface area contributed by atoms with Crippen LogP contribution in [-0.2, 0) is 14.3 Å². The van der Waals surface area contributed by atoms with Crippen LogP contribution in [0.1, 0.15) is 40.5 Å². The number of hydrogen-bond donors (Lipinski definition) is 3. The molecule has 1 aliphatic rings. The van der Waals surface area contributed by atoms with Gasteiger partial charge in [-0.25, -0.2) is 9.59 Å². The number of nitrogens with two attached hydrogens (primary N) is 2. The molecule has 1 heterocycles. The summed E-state index contributed by atoms with van der Waals surface area (Å²) in [6.45, 7) is 7.29. The predicted octanol–water partition coefficient (Wildman–Crippen LogP) is 0.289. The first-order valence-electron chi connectivity index (χ1n) is 6.73. The van der Waals surface area contributed by atoms with E-state index in [1.165, 1.54) is 4.90 Å². The van der Waals surface area contributed by atoms with Crippen LogP contribution >= 0.6 is 0 Å². The molecule has 0 aromatic rings. The van der Waals surface area contributed by atoms with Crippen LogP contribution in [0, 0.1) is 0 Å². The fourth-order valence-electron chi connectivity index (χ4n) is 1.56. The molecule has 8 nitrogen and oxygen atoms in total. The first kappa shape index (κ1) is 19.2. The summed E-state index contributed by atoms with van der Waals surface area (Å²) in [6, 6.07) is -1.23. The predicted molar refractivity (Wildman–Crippen MR) is 76.4 cm³/mol. The Morgan fingerprint density at radius 1 is 1.33 bits per heavy atom. The number of amides is 2. The van der Waals surface area contributed by atoms with E-state index in [4.69, 9.17) is 15.6 Å². The largest absolute Gasteiger partial charge is 0.480 e. The maximum atomic E-state index is 11.6. The van der Waals surface area contributed by atoms with Gasteiger partial charge in [0, 0.05) is 6.54 Å². The van der Waals surface area contributed by atoms with Gasteiger partial charge in [0.05, 0.1) is 6.04 Å². The zero-order valence-electron chi connectivity index (χ0n) is 13.0. The number of carboxylic acids is 1. The third-order valence-electron chi connectivity index (χ3n) is 2.61. The van der Waals surface area contributed by atoms with E-state index in [0.717, 1.165) is 6.42 Å². The molecule has 5 N–H and O–H groups in total. The summed E-state index contributed by atoms with van der Waals surface area (Å²) in [5.74, 6) is -1.42. The zero-order chi connectivity index (χ0) is 16.8. The third kappa shape index (κ3) is 7.50. The van der Waals surface area contributed by atoms with Gasteiger partial charge in [-0.05, 0) is 40.5 Å². The second-order valence-electron chi connectivity index (χ2n) is 5.86. The molecular formula is C13H25N3O5. The number of rotatable bonds is 2. The molecule has 1 rings (SSSR count). The molecule has 0 radical (unpaired) electrons. The van der Waals surface area contributed by atoms with Gasteiger partial charge in [-0.2, -0.15) is 0 Å². The monoisotopic (exact) mass is 303 g/mol. The molecule has 0 saturated carbocycles. The SMILES string of the molecule is CC(C)(C)OC(=O)N1CCC[C@H]1C(=O)O.C[C@@H](N)C(N)=O. The molecule has 122 valence electrons. The van der Waals surface area contributed by atoms with Crippen molar-refractivity contribution in [3.8, 4) is 0 Å². The van der Waals surface area contributed by atoms with Crippen molar-refractivity contribution in [1.82, 2.24) is 4.90 Å². The number of nitrogens with zero attached hydrogens (tertiary/aromatic N) is 1. The summed E-state index contributed by atoms with van der Waals surface area (Å²) >= 11 is 0. The molecule has 1 saturated heterocycles. The fraction of sp³-hybridized carbons (Fsp3) is 0.769. The van der Waals surface area contributed by atoms with Gasteiger partial charge in [0.25, 0.3) is 0 Å². The van der Waals surface area contributed by atoms with E-state index in [0.29, 0.717) is 13.0 Å². The van der Waals surface area contributed by atoms with Gasteiger partial charge < -0.3 is 21.3 Å². The molecule has 0 aromatic heterocycles. The molecule has 1 fully saturated rings. The van der Waals surface area contributed by atoms with E-state index in [1.54, 1.807) is 27.7 Å². The molecule has 0 aliphatic carbocycles. The van der Waals surface area contributed by atoms with Crippen LogP contribution in [-0.4, -0.2) is 52.2 Å². The number of carboxylic acid groups (broad SMARTS) is 1. The lowest BCUT2D eigenvalue weighted by Gasteiger charge is -2.26. The number of ether oxygens (including phenoxy) is 1. The lowest BCUT2D eigenvalue weighted by atomic mass is 10.2. The smallest absolute Gasteiger partial charge is 0.411 e. The minimum atomic E-state index is -0.960. The van der Waals surface area contributed by atoms with Crippen molar-refractivity contribution in [2.75, 3.05) is 6.54 Å². The molecule has 2 amide bonds. The van der Waals surface area contributed by atoms with Crippen LogP contribution in [0.5, 0.6) is 0 Å². The van der Waals surface area contributed by atoms with Crippen LogP contribution in [0.25, 0.3) is 0 Å². The van der Waals surface area contributed by atoms with Crippen molar-refractivity contribution in [3.05, 3.63) is 0 Å². The summed E-state index contributed by atoms with van der Waals surface area (Å²) in [5.41, 5.74) is 9.05. The molecular weight excluding hydrogens is 278 g/mol. The van der Waals surface area contributed by atoms with Gasteiger partial charge in [0.2, 0.25) is 5.91 Å². The molecule has 8 heteroatoms. The molecule has 0 spiro atoms. The Bertz CT molecular complexity index is 390. The van der Waals surface area contributed by atoms with Crippen LogP contribution in [0.15, 0.2) is 0 Å². The molecule has 21 heavy (non-hydrogen) atoms. The normalized spacial score (nSPS) is 19.3.